The molecule has 100 valence electrons. The Labute approximate surface area is 126 Å². The van der Waals surface area contributed by atoms with Crippen LogP contribution in [0.15, 0.2) is 42.5 Å². The number of thiocarbonyl (C=S) groups is 1. The summed E-state index contributed by atoms with van der Waals surface area (Å²) in [6.07, 6.45) is 0. The van der Waals surface area contributed by atoms with E-state index in [9.17, 15) is 4.39 Å². The third kappa shape index (κ3) is 3.67. The molecular weight excluding hydrogens is 297 g/mol. The lowest BCUT2D eigenvalue weighted by molar-refractivity contribution is 0.628. The van der Waals surface area contributed by atoms with Crippen molar-refractivity contribution < 1.29 is 4.39 Å². The Hall–Kier alpha value is -2.16. The Kier molecular flexibility index (Phi) is 4.51. The number of rotatable bonds is 2. The number of nitriles is 1. The molecule has 0 atom stereocenters. The molecule has 2 aromatic carbocycles. The number of halogens is 2. The van der Waals surface area contributed by atoms with Gasteiger partial charge in [0, 0.05) is 11.4 Å². The summed E-state index contributed by atoms with van der Waals surface area (Å²) in [6, 6.07) is 13.1. The second-order valence-corrected chi connectivity index (χ2v) is 4.71. The molecule has 6 heteroatoms. The van der Waals surface area contributed by atoms with Crippen LogP contribution in [-0.4, -0.2) is 5.11 Å². The van der Waals surface area contributed by atoms with E-state index in [2.05, 4.69) is 10.6 Å². The highest BCUT2D eigenvalue weighted by atomic mass is 35.5. The van der Waals surface area contributed by atoms with Gasteiger partial charge in [-0.15, -0.1) is 0 Å². The number of hydrogen-bond acceptors (Lipinski definition) is 2. The SMILES string of the molecule is N#Cc1ccc(NC(=S)Nc2ccc(F)c(Cl)c2)cc1. The lowest BCUT2D eigenvalue weighted by atomic mass is 10.2. The van der Waals surface area contributed by atoms with Crippen LogP contribution in [0.3, 0.4) is 0 Å². The first kappa shape index (κ1) is 14.3. The van der Waals surface area contributed by atoms with Crippen LogP contribution in [0.5, 0.6) is 0 Å². The number of benzene rings is 2. The highest BCUT2D eigenvalue weighted by Gasteiger charge is 2.03. The van der Waals surface area contributed by atoms with Crippen molar-refractivity contribution in [2.75, 3.05) is 10.6 Å². The van der Waals surface area contributed by atoms with Crippen molar-refractivity contribution in [1.29, 1.82) is 5.26 Å². The van der Waals surface area contributed by atoms with Crippen molar-refractivity contribution in [3.63, 3.8) is 0 Å². The molecule has 0 saturated carbocycles. The zero-order valence-corrected chi connectivity index (χ0v) is 11.7. The predicted molar refractivity (Wildman–Crippen MR) is 82.4 cm³/mol. The highest BCUT2D eigenvalue weighted by Crippen LogP contribution is 2.19. The summed E-state index contributed by atoms with van der Waals surface area (Å²) in [5.41, 5.74) is 1.90. The van der Waals surface area contributed by atoms with Gasteiger partial charge in [0.15, 0.2) is 5.11 Å². The minimum atomic E-state index is -0.483. The molecule has 0 heterocycles. The maximum absolute atomic E-state index is 13.0. The Morgan fingerprint density at radius 3 is 2.30 bits per heavy atom. The van der Waals surface area contributed by atoms with Gasteiger partial charge in [0.25, 0.3) is 0 Å². The van der Waals surface area contributed by atoms with E-state index in [1.54, 1.807) is 24.3 Å². The zero-order valence-electron chi connectivity index (χ0n) is 10.2. The first-order valence-electron chi connectivity index (χ1n) is 5.62. The highest BCUT2D eigenvalue weighted by molar-refractivity contribution is 7.80. The molecule has 0 fully saturated rings. The first-order chi connectivity index (χ1) is 9.58. The summed E-state index contributed by atoms with van der Waals surface area (Å²) < 4.78 is 13.0. The summed E-state index contributed by atoms with van der Waals surface area (Å²) in [4.78, 5) is 0. The Morgan fingerprint density at radius 2 is 1.70 bits per heavy atom. The van der Waals surface area contributed by atoms with E-state index in [1.165, 1.54) is 18.2 Å². The standard InChI is InChI=1S/C14H9ClFN3S/c15-12-7-11(5-6-13(12)16)19-14(20)18-10-3-1-9(8-17)2-4-10/h1-7H,(H2,18,19,20). The number of nitrogens with one attached hydrogen (secondary N) is 2. The maximum atomic E-state index is 13.0. The molecule has 2 N–H and O–H groups in total. The minimum Gasteiger partial charge on any atom is -0.332 e. The zero-order chi connectivity index (χ0) is 14.5. The van der Waals surface area contributed by atoms with Gasteiger partial charge in [0.1, 0.15) is 5.82 Å². The van der Waals surface area contributed by atoms with E-state index in [1.807, 2.05) is 6.07 Å². The normalized spacial score (nSPS) is 9.65. The molecule has 0 radical (unpaired) electrons. The van der Waals surface area contributed by atoms with Crippen molar-refractivity contribution in [2.45, 2.75) is 0 Å². The van der Waals surface area contributed by atoms with Crippen LogP contribution >= 0.6 is 23.8 Å². The molecule has 2 aromatic rings. The van der Waals surface area contributed by atoms with Crippen LogP contribution in [0, 0.1) is 17.1 Å². The largest absolute Gasteiger partial charge is 0.332 e. The molecule has 2 rings (SSSR count). The molecule has 0 amide bonds. The fourth-order valence-electron chi connectivity index (χ4n) is 1.50. The average Bonchev–Trinajstić information content (AvgIpc) is 2.44. The first-order valence-corrected chi connectivity index (χ1v) is 6.40. The minimum absolute atomic E-state index is 0.0242. The summed E-state index contributed by atoms with van der Waals surface area (Å²) >= 11 is 10.8. The molecule has 0 bridgehead atoms. The molecule has 0 aliphatic heterocycles. The van der Waals surface area contributed by atoms with Gasteiger partial charge in [-0.2, -0.15) is 5.26 Å². The molecule has 0 aromatic heterocycles. The molecule has 20 heavy (non-hydrogen) atoms. The molecule has 0 spiro atoms. The summed E-state index contributed by atoms with van der Waals surface area (Å²) in [6.45, 7) is 0. The van der Waals surface area contributed by atoms with Crippen molar-refractivity contribution in [1.82, 2.24) is 0 Å². The molecule has 0 aliphatic carbocycles. The van der Waals surface area contributed by atoms with Crippen LogP contribution in [-0.2, 0) is 0 Å². The third-order valence-electron chi connectivity index (χ3n) is 2.45. The molecule has 0 saturated heterocycles. The van der Waals surface area contributed by atoms with Gasteiger partial charge in [-0.25, -0.2) is 4.39 Å². The van der Waals surface area contributed by atoms with E-state index in [-0.39, 0.29) is 5.02 Å². The summed E-state index contributed by atoms with van der Waals surface area (Å²) in [7, 11) is 0. The lowest BCUT2D eigenvalue weighted by Gasteiger charge is -2.11. The molecule has 0 unspecified atom stereocenters. The van der Waals surface area contributed by atoms with E-state index >= 15 is 0 Å². The van der Waals surface area contributed by atoms with Crippen molar-refractivity contribution in [3.05, 3.63) is 58.9 Å². The van der Waals surface area contributed by atoms with Crippen molar-refractivity contribution in [2.24, 2.45) is 0 Å². The summed E-state index contributed by atoms with van der Waals surface area (Å²) in [5, 5.41) is 14.9. The predicted octanol–water partition coefficient (Wildman–Crippen LogP) is 4.16. The quantitative estimate of drug-likeness (QED) is 0.818. The Bertz CT molecular complexity index is 680. The smallest absolute Gasteiger partial charge is 0.175 e. The van der Waals surface area contributed by atoms with E-state index in [0.29, 0.717) is 16.4 Å². The fraction of sp³-hybridized carbons (Fsp3) is 0. The average molecular weight is 306 g/mol. The van der Waals surface area contributed by atoms with Crippen LogP contribution in [0.2, 0.25) is 5.02 Å². The van der Waals surface area contributed by atoms with Gasteiger partial charge < -0.3 is 10.6 Å². The van der Waals surface area contributed by atoms with E-state index < -0.39 is 5.82 Å². The van der Waals surface area contributed by atoms with Crippen LogP contribution in [0.4, 0.5) is 15.8 Å². The van der Waals surface area contributed by atoms with Crippen LogP contribution in [0.1, 0.15) is 5.56 Å². The second kappa shape index (κ2) is 6.33. The Balaban J connectivity index is 2.01. The fourth-order valence-corrected chi connectivity index (χ4v) is 1.91. The number of nitrogens with zero attached hydrogens (tertiary/aromatic N) is 1. The number of anilines is 2. The third-order valence-corrected chi connectivity index (χ3v) is 2.94. The van der Waals surface area contributed by atoms with Gasteiger partial charge in [-0.3, -0.25) is 0 Å². The van der Waals surface area contributed by atoms with Gasteiger partial charge in [0.2, 0.25) is 0 Å². The van der Waals surface area contributed by atoms with Crippen molar-refractivity contribution in [3.8, 4) is 6.07 Å². The lowest BCUT2D eigenvalue weighted by Crippen LogP contribution is -2.19. The summed E-state index contributed by atoms with van der Waals surface area (Å²) in [5.74, 6) is -0.483. The molecule has 0 aliphatic rings. The van der Waals surface area contributed by atoms with Gasteiger partial charge in [-0.05, 0) is 54.7 Å². The monoisotopic (exact) mass is 305 g/mol. The van der Waals surface area contributed by atoms with Gasteiger partial charge >= 0.3 is 0 Å². The molecular formula is C14H9ClFN3S. The Morgan fingerprint density at radius 1 is 1.10 bits per heavy atom. The van der Waals surface area contributed by atoms with Crippen LogP contribution in [0.25, 0.3) is 0 Å². The topological polar surface area (TPSA) is 47.9 Å². The van der Waals surface area contributed by atoms with Gasteiger partial charge in [-0.1, -0.05) is 11.6 Å². The van der Waals surface area contributed by atoms with Gasteiger partial charge in [0.05, 0.1) is 16.7 Å². The molecule has 3 nitrogen and oxygen atoms in total. The van der Waals surface area contributed by atoms with E-state index in [0.717, 1.165) is 5.69 Å². The van der Waals surface area contributed by atoms with E-state index in [4.69, 9.17) is 29.1 Å². The second-order valence-electron chi connectivity index (χ2n) is 3.90. The number of hydrogen-bond donors (Lipinski definition) is 2. The van der Waals surface area contributed by atoms with Crippen LogP contribution < -0.4 is 10.6 Å². The van der Waals surface area contributed by atoms with Crippen molar-refractivity contribution >= 4 is 40.3 Å². The maximum Gasteiger partial charge on any atom is 0.175 e.